The minimum absolute atomic E-state index is 0.0324. The number of carbonyl (C=O) groups excluding carboxylic acids is 3. The van der Waals surface area contributed by atoms with E-state index in [1.165, 1.54) is 5.56 Å². The molecule has 62 heavy (non-hydrogen) atoms. The molecule has 1 amide bonds. The van der Waals surface area contributed by atoms with Crippen molar-refractivity contribution in [3.8, 4) is 0 Å². The first-order chi connectivity index (χ1) is 30.1. The number of cyclic esters (lactones) is 2. The molecule has 8 heteroatoms. The number of aliphatic carboxylic acids is 1. The molecule has 3 rings (SSSR count). The van der Waals surface area contributed by atoms with Gasteiger partial charge < -0.3 is 20.9 Å². The lowest BCUT2D eigenvalue weighted by atomic mass is 9.85. The van der Waals surface area contributed by atoms with Crippen molar-refractivity contribution in [3.05, 3.63) is 158 Å². The summed E-state index contributed by atoms with van der Waals surface area (Å²) < 4.78 is 4.64. The van der Waals surface area contributed by atoms with Crippen LogP contribution < -0.4 is 11.1 Å². The lowest BCUT2D eigenvalue weighted by Gasteiger charge is -2.20. The van der Waals surface area contributed by atoms with Crippen LogP contribution in [0.4, 0.5) is 0 Å². The van der Waals surface area contributed by atoms with Gasteiger partial charge in [-0.2, -0.15) is 0 Å². The zero-order valence-corrected chi connectivity index (χ0v) is 37.8. The van der Waals surface area contributed by atoms with Gasteiger partial charge in [0.25, 0.3) is 0 Å². The SMILES string of the molecule is C=CC(C=CC(CC)C(CC(=O)NC/C=C/c1ccccc1)C(=O)O)CCC=CCC.C=CC(C=CC(CC)C1CC(=O)OC1=O)CCC=CCC.NC/C=C/c1ccccc1. The molecule has 0 bridgehead atoms. The molecule has 6 atom stereocenters. The van der Waals surface area contributed by atoms with Crippen molar-refractivity contribution >= 4 is 36.0 Å². The molecule has 1 saturated heterocycles. The smallest absolute Gasteiger partial charge is 0.317 e. The van der Waals surface area contributed by atoms with Gasteiger partial charge in [0.1, 0.15) is 0 Å². The molecule has 1 heterocycles. The van der Waals surface area contributed by atoms with E-state index < -0.39 is 17.9 Å². The van der Waals surface area contributed by atoms with Gasteiger partial charge in [0.2, 0.25) is 5.91 Å². The summed E-state index contributed by atoms with van der Waals surface area (Å²) in [7, 11) is 0. The average Bonchev–Trinajstić information content (AvgIpc) is 3.63. The number of nitrogens with two attached hydrogens (primary N) is 1. The number of esters is 2. The highest BCUT2D eigenvalue weighted by Gasteiger charge is 2.37. The summed E-state index contributed by atoms with van der Waals surface area (Å²) in [6.45, 7) is 16.9. The predicted octanol–water partition coefficient (Wildman–Crippen LogP) is 11.9. The minimum atomic E-state index is -0.937. The average molecular weight is 847 g/mol. The van der Waals surface area contributed by atoms with Crippen LogP contribution in [-0.2, 0) is 23.9 Å². The van der Waals surface area contributed by atoms with E-state index in [0.717, 1.165) is 50.5 Å². The van der Waals surface area contributed by atoms with Gasteiger partial charge in [-0.3, -0.25) is 19.2 Å². The Bertz CT molecular complexity index is 1760. The van der Waals surface area contributed by atoms with E-state index in [9.17, 15) is 24.3 Å². The van der Waals surface area contributed by atoms with E-state index in [-0.39, 0.29) is 48.4 Å². The molecule has 0 aromatic heterocycles. The fraction of sp³-hybridized carbons (Fsp3) is 0.407. The van der Waals surface area contributed by atoms with Gasteiger partial charge in [0, 0.05) is 19.5 Å². The van der Waals surface area contributed by atoms with Crippen molar-refractivity contribution in [3.63, 3.8) is 0 Å². The Morgan fingerprint density at radius 2 is 1.29 bits per heavy atom. The highest BCUT2D eigenvalue weighted by atomic mass is 16.6. The zero-order valence-electron chi connectivity index (χ0n) is 37.8. The second kappa shape index (κ2) is 35.0. The molecule has 0 saturated carbocycles. The molecule has 0 radical (unpaired) electrons. The summed E-state index contributed by atoms with van der Waals surface area (Å²) >= 11 is 0. The second-order valence-electron chi connectivity index (χ2n) is 15.0. The minimum Gasteiger partial charge on any atom is -0.481 e. The Morgan fingerprint density at radius 3 is 1.73 bits per heavy atom. The number of amides is 1. The molecule has 8 nitrogen and oxygen atoms in total. The molecular weight excluding hydrogens is 773 g/mol. The molecular formula is C54H74N2O6. The maximum atomic E-state index is 12.3. The monoisotopic (exact) mass is 847 g/mol. The molecule has 336 valence electrons. The van der Waals surface area contributed by atoms with Crippen molar-refractivity contribution in [2.45, 2.75) is 91.9 Å². The Morgan fingerprint density at radius 1 is 0.758 bits per heavy atom. The summed E-state index contributed by atoms with van der Waals surface area (Å²) in [6.07, 6.45) is 36.1. The predicted molar refractivity (Wildman–Crippen MR) is 259 cm³/mol. The van der Waals surface area contributed by atoms with Crippen LogP contribution in [0.2, 0.25) is 0 Å². The van der Waals surface area contributed by atoms with E-state index in [0.29, 0.717) is 25.4 Å². The van der Waals surface area contributed by atoms with Gasteiger partial charge in [-0.15, -0.1) is 13.2 Å². The summed E-state index contributed by atoms with van der Waals surface area (Å²) in [5.41, 5.74) is 7.55. The Balaban J connectivity index is 0.000000528. The highest BCUT2D eigenvalue weighted by Crippen LogP contribution is 2.29. The molecule has 1 fully saturated rings. The fourth-order valence-corrected chi connectivity index (χ4v) is 6.62. The molecule has 1 aliphatic rings. The first-order valence-corrected chi connectivity index (χ1v) is 22.4. The summed E-state index contributed by atoms with van der Waals surface area (Å²) in [4.78, 5) is 47.0. The second-order valence-corrected chi connectivity index (χ2v) is 15.0. The van der Waals surface area contributed by atoms with Crippen LogP contribution in [0.15, 0.2) is 147 Å². The summed E-state index contributed by atoms with van der Waals surface area (Å²) in [5, 5.41) is 12.5. The molecule has 4 N–H and O–H groups in total. The number of benzene rings is 2. The van der Waals surface area contributed by atoms with Crippen LogP contribution in [-0.4, -0.2) is 42.0 Å². The van der Waals surface area contributed by atoms with Crippen LogP contribution in [0.5, 0.6) is 0 Å². The largest absolute Gasteiger partial charge is 0.481 e. The van der Waals surface area contributed by atoms with Gasteiger partial charge in [0.05, 0.1) is 18.3 Å². The third-order valence-electron chi connectivity index (χ3n) is 10.3. The van der Waals surface area contributed by atoms with E-state index in [4.69, 9.17) is 5.73 Å². The van der Waals surface area contributed by atoms with Crippen LogP contribution in [0, 0.1) is 35.5 Å². The molecule has 2 aromatic rings. The third-order valence-corrected chi connectivity index (χ3v) is 10.3. The number of nitrogens with one attached hydrogen (secondary N) is 1. The Labute approximate surface area is 373 Å². The topological polar surface area (TPSA) is 136 Å². The first-order valence-electron chi connectivity index (χ1n) is 22.4. The quantitative estimate of drug-likeness (QED) is 0.0487. The van der Waals surface area contributed by atoms with Crippen molar-refractivity contribution in [1.29, 1.82) is 0 Å². The first kappa shape index (κ1) is 54.4. The molecule has 2 aromatic carbocycles. The van der Waals surface area contributed by atoms with Crippen LogP contribution in [0.25, 0.3) is 12.2 Å². The zero-order chi connectivity index (χ0) is 45.8. The van der Waals surface area contributed by atoms with Crippen LogP contribution in [0.3, 0.4) is 0 Å². The van der Waals surface area contributed by atoms with Crippen LogP contribution >= 0.6 is 0 Å². The number of carbonyl (C=O) groups is 4. The van der Waals surface area contributed by atoms with Crippen molar-refractivity contribution < 1.29 is 29.0 Å². The molecule has 0 aliphatic carbocycles. The van der Waals surface area contributed by atoms with E-state index in [1.807, 2.05) is 123 Å². The summed E-state index contributed by atoms with van der Waals surface area (Å²) in [6, 6.07) is 19.9. The fourth-order valence-electron chi connectivity index (χ4n) is 6.62. The van der Waals surface area contributed by atoms with Crippen molar-refractivity contribution in [2.75, 3.05) is 13.1 Å². The number of carboxylic acids is 1. The number of rotatable bonds is 26. The number of hydrogen-bond donors (Lipinski definition) is 3. The van der Waals surface area contributed by atoms with Crippen LogP contribution in [0.1, 0.15) is 103 Å². The third kappa shape index (κ3) is 24.6. The highest BCUT2D eigenvalue weighted by molar-refractivity contribution is 5.94. The molecule has 1 aliphatic heterocycles. The normalized spacial score (nSPS) is 16.4. The molecule has 6 unspecified atom stereocenters. The molecule has 0 spiro atoms. The van der Waals surface area contributed by atoms with Crippen molar-refractivity contribution in [1.82, 2.24) is 5.32 Å². The van der Waals surface area contributed by atoms with Gasteiger partial charge >= 0.3 is 17.9 Å². The summed E-state index contributed by atoms with van der Waals surface area (Å²) in [5.74, 6) is -2.66. The van der Waals surface area contributed by atoms with Gasteiger partial charge in [0.15, 0.2) is 0 Å². The number of carboxylic acid groups (broad SMARTS) is 1. The maximum absolute atomic E-state index is 12.3. The maximum Gasteiger partial charge on any atom is 0.317 e. The van der Waals surface area contributed by atoms with Crippen molar-refractivity contribution in [2.24, 2.45) is 41.2 Å². The van der Waals surface area contributed by atoms with E-state index in [1.54, 1.807) is 0 Å². The van der Waals surface area contributed by atoms with Gasteiger partial charge in [-0.25, -0.2) is 0 Å². The Hall–Kier alpha value is -5.60. The van der Waals surface area contributed by atoms with E-state index in [2.05, 4.69) is 73.5 Å². The van der Waals surface area contributed by atoms with Gasteiger partial charge in [-0.05, 0) is 86.2 Å². The number of allylic oxidation sites excluding steroid dienone is 10. The lowest BCUT2D eigenvalue weighted by Crippen LogP contribution is -2.31. The van der Waals surface area contributed by atoms with Gasteiger partial charge in [-0.1, -0.05) is 173 Å². The van der Waals surface area contributed by atoms with E-state index >= 15 is 0 Å². The number of hydrogen-bond acceptors (Lipinski definition) is 6. The Kier molecular flexibility index (Phi) is 30.8. The standard InChI is InChI=1S/C27H37NO3.C18H26O3.C9H11N/c1-4-7-8-10-14-22(5-2)18-19-24(6-3)25(27(30)31)21-26(29)28-20-13-17-23-15-11-9-12-16-23;1-4-7-8-9-10-14(5-2)11-12-15(6-3)16-13-17(19)21-18(16)20;10-8-4-7-9-5-2-1-3-6-9/h5,7-9,11-13,15-19,22,24-25H,2,4,6,10,14,20-21H2,1,3H3,(H,28,29)(H,30,31);5,7-8,11-12,14-16H,2,4,6,9-10,13H2,1,3H3;1-7H,8,10H2/b8-7?,17-13+,19-18?;;7-4+. The number of ether oxygens (including phenoxy) is 1. The lowest BCUT2D eigenvalue weighted by molar-refractivity contribution is -0.153.